The van der Waals surface area contributed by atoms with Gasteiger partial charge in [-0.1, -0.05) is 0 Å². The maximum absolute atomic E-state index is 8.87. The van der Waals surface area contributed by atoms with Crippen LogP contribution >= 0.6 is 22.6 Å². The minimum atomic E-state index is 0.606. The van der Waals surface area contributed by atoms with Gasteiger partial charge in [0.1, 0.15) is 6.07 Å². The second-order valence-electron chi connectivity index (χ2n) is 2.98. The molecule has 0 spiro atoms. The van der Waals surface area contributed by atoms with E-state index in [-0.39, 0.29) is 0 Å². The van der Waals surface area contributed by atoms with Gasteiger partial charge in [-0.3, -0.25) is 0 Å². The Labute approximate surface area is 97.2 Å². The van der Waals surface area contributed by atoms with Gasteiger partial charge in [-0.2, -0.15) is 5.26 Å². The molecule has 0 aromatic heterocycles. The van der Waals surface area contributed by atoms with Crippen LogP contribution in [-0.4, -0.2) is 25.3 Å². The predicted molar refractivity (Wildman–Crippen MR) is 65.7 cm³/mol. The van der Waals surface area contributed by atoms with E-state index >= 15 is 0 Å². The third-order valence-electron chi connectivity index (χ3n) is 1.51. The molecule has 72 valence electrons. The summed E-state index contributed by atoms with van der Waals surface area (Å²) < 4.78 is 1.04. The van der Waals surface area contributed by atoms with Crippen molar-refractivity contribution < 1.29 is 0 Å². The molecular weight excluding hydrogens is 289 g/mol. The first-order valence-electron chi connectivity index (χ1n) is 4.04. The van der Waals surface area contributed by atoms with Gasteiger partial charge in [-0.25, -0.2) is 4.99 Å². The molecule has 1 aromatic rings. The largest absolute Gasteiger partial charge is 0.369 e. The van der Waals surface area contributed by atoms with E-state index in [1.165, 1.54) is 0 Å². The van der Waals surface area contributed by atoms with Gasteiger partial charge in [0.15, 0.2) is 0 Å². The lowest BCUT2D eigenvalue weighted by molar-refractivity contribution is 0.643. The van der Waals surface area contributed by atoms with Crippen molar-refractivity contribution in [2.24, 2.45) is 4.99 Å². The topological polar surface area (TPSA) is 39.4 Å². The van der Waals surface area contributed by atoms with E-state index in [0.717, 1.165) is 3.57 Å². The van der Waals surface area contributed by atoms with E-state index in [1.807, 2.05) is 37.2 Å². The zero-order valence-corrected chi connectivity index (χ0v) is 10.2. The maximum Gasteiger partial charge on any atom is 0.101 e. The van der Waals surface area contributed by atoms with Crippen LogP contribution in [0.25, 0.3) is 0 Å². The fraction of sp³-hybridized carbons (Fsp3) is 0.200. The second kappa shape index (κ2) is 4.96. The van der Waals surface area contributed by atoms with Crippen LogP contribution < -0.4 is 0 Å². The van der Waals surface area contributed by atoms with Crippen LogP contribution in [0.15, 0.2) is 23.2 Å². The molecule has 0 saturated carbocycles. The van der Waals surface area contributed by atoms with E-state index < -0.39 is 0 Å². The van der Waals surface area contributed by atoms with Crippen LogP contribution in [0, 0.1) is 14.9 Å². The number of aliphatic imine (C=N–C) groups is 1. The number of halogens is 1. The summed E-state index contributed by atoms with van der Waals surface area (Å²) in [4.78, 5) is 6.03. The third-order valence-corrected chi connectivity index (χ3v) is 2.18. The number of nitrogens with zero attached hydrogens (tertiary/aromatic N) is 3. The zero-order valence-electron chi connectivity index (χ0n) is 8.03. The molecule has 0 aliphatic heterocycles. The monoisotopic (exact) mass is 299 g/mol. The number of rotatable bonds is 2. The van der Waals surface area contributed by atoms with Crippen molar-refractivity contribution in [3.8, 4) is 6.07 Å². The molecule has 0 bridgehead atoms. The molecular formula is C10H10IN3. The minimum Gasteiger partial charge on any atom is -0.369 e. The van der Waals surface area contributed by atoms with Crippen molar-refractivity contribution in [1.82, 2.24) is 4.90 Å². The molecule has 0 fully saturated rings. The average molecular weight is 299 g/mol. The Morgan fingerprint density at radius 3 is 2.79 bits per heavy atom. The zero-order chi connectivity index (χ0) is 10.6. The van der Waals surface area contributed by atoms with E-state index in [9.17, 15) is 0 Å². The molecule has 0 N–H and O–H groups in total. The fourth-order valence-electron chi connectivity index (χ4n) is 0.888. The number of benzene rings is 1. The van der Waals surface area contributed by atoms with Crippen molar-refractivity contribution in [3.05, 3.63) is 27.3 Å². The normalized spacial score (nSPS) is 10.1. The summed E-state index contributed by atoms with van der Waals surface area (Å²) in [7, 11) is 3.78. The van der Waals surface area contributed by atoms with Gasteiger partial charge < -0.3 is 4.90 Å². The number of hydrogen-bond acceptors (Lipinski definition) is 2. The van der Waals surface area contributed by atoms with Crippen LogP contribution in [-0.2, 0) is 0 Å². The lowest BCUT2D eigenvalue weighted by atomic mass is 10.2. The first-order valence-corrected chi connectivity index (χ1v) is 5.11. The van der Waals surface area contributed by atoms with Gasteiger partial charge in [-0.15, -0.1) is 0 Å². The van der Waals surface area contributed by atoms with Crippen molar-refractivity contribution >= 4 is 34.6 Å². The van der Waals surface area contributed by atoms with Gasteiger partial charge in [0.05, 0.1) is 17.6 Å². The summed E-state index contributed by atoms with van der Waals surface area (Å²) in [6, 6.07) is 7.73. The summed E-state index contributed by atoms with van der Waals surface area (Å²) in [6.07, 6.45) is 1.68. The summed E-state index contributed by atoms with van der Waals surface area (Å²) in [5, 5.41) is 8.87. The van der Waals surface area contributed by atoms with E-state index in [0.29, 0.717) is 11.3 Å². The molecule has 4 heteroatoms. The van der Waals surface area contributed by atoms with Crippen LogP contribution in [0.3, 0.4) is 0 Å². The molecule has 0 radical (unpaired) electrons. The molecule has 0 atom stereocenters. The molecule has 1 rings (SSSR count). The molecule has 0 aliphatic carbocycles. The Balaban J connectivity index is 3.04. The third kappa shape index (κ3) is 3.00. The molecule has 0 unspecified atom stereocenters. The SMILES string of the molecule is CN(C)C=Nc1ccc(I)cc1C#N. The van der Waals surface area contributed by atoms with Crippen molar-refractivity contribution in [1.29, 1.82) is 5.26 Å². The first-order chi connectivity index (χ1) is 6.63. The molecule has 14 heavy (non-hydrogen) atoms. The van der Waals surface area contributed by atoms with Gasteiger partial charge in [0.25, 0.3) is 0 Å². The molecule has 0 aliphatic rings. The number of nitriles is 1. The lowest BCUT2D eigenvalue weighted by Gasteiger charge is -2.03. The summed E-state index contributed by atoms with van der Waals surface area (Å²) in [6.45, 7) is 0. The van der Waals surface area contributed by atoms with Crippen molar-refractivity contribution in [2.75, 3.05) is 14.1 Å². The minimum absolute atomic E-state index is 0.606. The Kier molecular flexibility index (Phi) is 3.89. The van der Waals surface area contributed by atoms with Crippen LogP contribution in [0.2, 0.25) is 0 Å². The highest BCUT2D eigenvalue weighted by Gasteiger charge is 1.99. The van der Waals surface area contributed by atoms with Gasteiger partial charge in [0.2, 0.25) is 0 Å². The van der Waals surface area contributed by atoms with Crippen LogP contribution in [0.1, 0.15) is 5.56 Å². The highest BCUT2D eigenvalue weighted by Crippen LogP contribution is 2.20. The Hall–Kier alpha value is -1.09. The Bertz CT molecular complexity index is 391. The molecule has 0 amide bonds. The summed E-state index contributed by atoms with van der Waals surface area (Å²) in [5.74, 6) is 0. The predicted octanol–water partition coefficient (Wildman–Crippen LogP) is 2.38. The molecule has 1 aromatic carbocycles. The lowest BCUT2D eigenvalue weighted by Crippen LogP contribution is -2.07. The first kappa shape index (κ1) is 11.0. The van der Waals surface area contributed by atoms with E-state index in [2.05, 4.69) is 33.7 Å². The van der Waals surface area contributed by atoms with E-state index in [4.69, 9.17) is 5.26 Å². The highest BCUT2D eigenvalue weighted by molar-refractivity contribution is 14.1. The summed E-state index contributed by atoms with van der Waals surface area (Å²) >= 11 is 2.17. The highest BCUT2D eigenvalue weighted by atomic mass is 127. The summed E-state index contributed by atoms with van der Waals surface area (Å²) in [5.41, 5.74) is 1.32. The van der Waals surface area contributed by atoms with Gasteiger partial charge in [-0.05, 0) is 40.8 Å². The smallest absolute Gasteiger partial charge is 0.101 e. The van der Waals surface area contributed by atoms with Crippen LogP contribution in [0.5, 0.6) is 0 Å². The van der Waals surface area contributed by atoms with Crippen molar-refractivity contribution in [2.45, 2.75) is 0 Å². The average Bonchev–Trinajstić information content (AvgIpc) is 2.15. The van der Waals surface area contributed by atoms with Gasteiger partial charge >= 0.3 is 0 Å². The quantitative estimate of drug-likeness (QED) is 0.478. The fourth-order valence-corrected chi connectivity index (χ4v) is 1.38. The second-order valence-corrected chi connectivity index (χ2v) is 4.23. The van der Waals surface area contributed by atoms with Gasteiger partial charge in [0, 0.05) is 17.7 Å². The standard InChI is InChI=1S/C10H10IN3/c1-14(2)7-13-10-4-3-9(11)5-8(10)6-12/h3-5,7H,1-2H3. The molecule has 0 heterocycles. The molecule has 3 nitrogen and oxygen atoms in total. The van der Waals surface area contributed by atoms with E-state index in [1.54, 1.807) is 6.34 Å². The number of hydrogen-bond donors (Lipinski definition) is 0. The Morgan fingerprint density at radius 2 is 2.21 bits per heavy atom. The van der Waals surface area contributed by atoms with Crippen molar-refractivity contribution in [3.63, 3.8) is 0 Å². The molecule has 0 saturated heterocycles. The Morgan fingerprint density at radius 1 is 1.50 bits per heavy atom. The van der Waals surface area contributed by atoms with Crippen LogP contribution in [0.4, 0.5) is 5.69 Å². The maximum atomic E-state index is 8.87.